The van der Waals surface area contributed by atoms with Gasteiger partial charge in [-0.05, 0) is 29.8 Å². The number of benzene rings is 3. The van der Waals surface area contributed by atoms with Crippen molar-refractivity contribution in [1.29, 1.82) is 0 Å². The van der Waals surface area contributed by atoms with Gasteiger partial charge in [-0.25, -0.2) is 12.4 Å². The molecule has 1 aromatic heterocycles. The van der Waals surface area contributed by atoms with E-state index in [-0.39, 0.29) is 10.6 Å². The fourth-order valence-corrected chi connectivity index (χ4v) is 4.63. The van der Waals surface area contributed by atoms with Crippen LogP contribution in [0.5, 0.6) is 5.75 Å². The molecule has 4 aromatic rings. The summed E-state index contributed by atoms with van der Waals surface area (Å²) in [5, 5.41) is 11.8. The zero-order valence-corrected chi connectivity index (χ0v) is 16.2. The van der Waals surface area contributed by atoms with Crippen LogP contribution in [-0.2, 0) is 10.0 Å². The van der Waals surface area contributed by atoms with Crippen molar-refractivity contribution in [2.45, 2.75) is 4.90 Å². The number of nitro benzene ring substituents is 1. The normalized spacial score (nSPS) is 11.5. The first-order valence-electron chi connectivity index (χ1n) is 8.66. The summed E-state index contributed by atoms with van der Waals surface area (Å²) in [4.78, 5) is 10.3. The molecule has 0 spiro atoms. The summed E-state index contributed by atoms with van der Waals surface area (Å²) < 4.78 is 33.1. The van der Waals surface area contributed by atoms with E-state index in [4.69, 9.17) is 4.74 Å². The third-order valence-electron chi connectivity index (χ3n) is 4.65. The first-order chi connectivity index (χ1) is 13.9. The average Bonchev–Trinajstić information content (AvgIpc) is 3.14. The van der Waals surface area contributed by atoms with Gasteiger partial charge in [0.2, 0.25) is 0 Å². The Balaban J connectivity index is 1.99. The summed E-state index contributed by atoms with van der Waals surface area (Å²) in [7, 11) is -2.52. The van der Waals surface area contributed by atoms with Crippen molar-refractivity contribution in [1.82, 2.24) is 3.97 Å². The molecule has 0 aliphatic carbocycles. The Bertz CT molecular complexity index is 1330. The molecule has 0 atom stereocenters. The topological polar surface area (TPSA) is 91.4 Å². The van der Waals surface area contributed by atoms with Crippen LogP contribution in [-0.4, -0.2) is 24.4 Å². The van der Waals surface area contributed by atoms with Gasteiger partial charge in [0.1, 0.15) is 5.75 Å². The summed E-state index contributed by atoms with van der Waals surface area (Å²) >= 11 is 0. The van der Waals surface area contributed by atoms with E-state index in [9.17, 15) is 18.5 Å². The van der Waals surface area contributed by atoms with E-state index < -0.39 is 14.9 Å². The predicted molar refractivity (Wildman–Crippen MR) is 110 cm³/mol. The molecular weight excluding hydrogens is 392 g/mol. The minimum atomic E-state index is -4.06. The third kappa shape index (κ3) is 3.23. The number of methoxy groups -OCH3 is 1. The summed E-state index contributed by atoms with van der Waals surface area (Å²) in [5.74, 6) is 0.597. The lowest BCUT2D eigenvalue weighted by Crippen LogP contribution is -2.12. The van der Waals surface area contributed by atoms with Crippen LogP contribution in [0.25, 0.3) is 22.0 Å². The van der Waals surface area contributed by atoms with Crippen molar-refractivity contribution in [3.8, 4) is 16.9 Å². The number of rotatable bonds is 5. The van der Waals surface area contributed by atoms with Gasteiger partial charge in [-0.1, -0.05) is 36.4 Å². The van der Waals surface area contributed by atoms with Crippen LogP contribution in [0.15, 0.2) is 83.9 Å². The molecule has 4 rings (SSSR count). The van der Waals surface area contributed by atoms with E-state index in [0.717, 1.165) is 15.6 Å². The average molecular weight is 408 g/mol. The fraction of sp³-hybridized carbons (Fsp3) is 0.0476. The number of hydrogen-bond acceptors (Lipinski definition) is 5. The van der Waals surface area contributed by atoms with Crippen LogP contribution < -0.4 is 4.74 Å². The molecule has 7 nitrogen and oxygen atoms in total. The zero-order valence-electron chi connectivity index (χ0n) is 15.3. The number of nitrogens with zero attached hydrogens (tertiary/aromatic N) is 2. The van der Waals surface area contributed by atoms with Gasteiger partial charge in [-0.2, -0.15) is 0 Å². The van der Waals surface area contributed by atoms with Crippen LogP contribution in [0.3, 0.4) is 0 Å². The number of hydrogen-bond donors (Lipinski definition) is 0. The summed E-state index contributed by atoms with van der Waals surface area (Å²) in [6.07, 6.45) is 1.54. The Morgan fingerprint density at radius 2 is 1.72 bits per heavy atom. The maximum Gasteiger partial charge on any atom is 0.270 e. The van der Waals surface area contributed by atoms with E-state index in [1.165, 1.54) is 24.4 Å². The lowest BCUT2D eigenvalue weighted by atomic mass is 10.0. The number of non-ortho nitro benzene ring substituents is 1. The number of nitro groups is 1. The van der Waals surface area contributed by atoms with Crippen LogP contribution in [0.2, 0.25) is 0 Å². The van der Waals surface area contributed by atoms with Crippen LogP contribution in [0.4, 0.5) is 5.69 Å². The number of fused-ring (bicyclic) bond motifs is 1. The largest absolute Gasteiger partial charge is 0.497 e. The molecule has 29 heavy (non-hydrogen) atoms. The Kier molecular flexibility index (Phi) is 4.56. The van der Waals surface area contributed by atoms with E-state index >= 15 is 0 Å². The van der Waals surface area contributed by atoms with Gasteiger partial charge in [0, 0.05) is 29.3 Å². The molecule has 3 aromatic carbocycles. The molecule has 0 radical (unpaired) electrons. The standard InChI is InChI=1S/C21H16N2O5S/c1-28-17-10-11-21-19(13-17)20(15-6-3-2-4-7-15)14-22(21)29(26,27)18-9-5-8-16(12-18)23(24)25/h2-14H,1H3. The Morgan fingerprint density at radius 3 is 2.41 bits per heavy atom. The monoisotopic (exact) mass is 408 g/mol. The lowest BCUT2D eigenvalue weighted by molar-refractivity contribution is -0.385. The van der Waals surface area contributed by atoms with Crippen molar-refractivity contribution >= 4 is 26.6 Å². The maximum absolute atomic E-state index is 13.3. The highest BCUT2D eigenvalue weighted by atomic mass is 32.2. The molecule has 8 heteroatoms. The minimum absolute atomic E-state index is 0.154. The quantitative estimate of drug-likeness (QED) is 0.359. The summed E-state index contributed by atoms with van der Waals surface area (Å²) in [5.41, 5.74) is 1.73. The van der Waals surface area contributed by atoms with E-state index in [0.29, 0.717) is 22.2 Å². The summed E-state index contributed by atoms with van der Waals surface area (Å²) in [6.45, 7) is 0. The van der Waals surface area contributed by atoms with Gasteiger partial charge in [0.05, 0.1) is 22.4 Å². The first kappa shape index (κ1) is 18.7. The van der Waals surface area contributed by atoms with Gasteiger partial charge < -0.3 is 4.74 Å². The number of ether oxygens (including phenoxy) is 1. The van der Waals surface area contributed by atoms with Gasteiger partial charge in [0.25, 0.3) is 15.7 Å². The third-order valence-corrected chi connectivity index (χ3v) is 6.32. The second-order valence-corrected chi connectivity index (χ2v) is 8.16. The molecule has 0 saturated heterocycles. The highest BCUT2D eigenvalue weighted by molar-refractivity contribution is 7.90. The smallest absolute Gasteiger partial charge is 0.270 e. The Morgan fingerprint density at radius 1 is 0.966 bits per heavy atom. The molecule has 0 saturated carbocycles. The van der Waals surface area contributed by atoms with Gasteiger partial charge in [-0.3, -0.25) is 10.1 Å². The molecule has 0 N–H and O–H groups in total. The molecule has 0 fully saturated rings. The molecule has 0 unspecified atom stereocenters. The van der Waals surface area contributed by atoms with Crippen molar-refractivity contribution in [2.75, 3.05) is 7.11 Å². The molecule has 0 aliphatic rings. The second-order valence-electron chi connectivity index (χ2n) is 6.35. The predicted octanol–water partition coefficient (Wildman–Crippen LogP) is 4.46. The van der Waals surface area contributed by atoms with Crippen molar-refractivity contribution in [3.05, 3.63) is 89.1 Å². The molecule has 1 heterocycles. The van der Waals surface area contributed by atoms with Crippen molar-refractivity contribution in [2.24, 2.45) is 0 Å². The van der Waals surface area contributed by atoms with E-state index in [2.05, 4.69) is 0 Å². The number of aromatic nitrogens is 1. The second kappa shape index (κ2) is 7.06. The maximum atomic E-state index is 13.3. The van der Waals surface area contributed by atoms with E-state index in [1.807, 2.05) is 30.3 Å². The summed E-state index contributed by atoms with van der Waals surface area (Å²) in [6, 6.07) is 19.5. The SMILES string of the molecule is COc1ccc2c(c1)c(-c1ccccc1)cn2S(=O)(=O)c1cccc([N+](=O)[O-])c1. The highest BCUT2D eigenvalue weighted by Gasteiger charge is 2.24. The molecule has 0 amide bonds. The van der Waals surface area contributed by atoms with Crippen LogP contribution >= 0.6 is 0 Å². The Labute approximate surface area is 167 Å². The highest BCUT2D eigenvalue weighted by Crippen LogP contribution is 2.35. The van der Waals surface area contributed by atoms with Crippen molar-refractivity contribution < 1.29 is 18.1 Å². The Hall–Kier alpha value is -3.65. The van der Waals surface area contributed by atoms with E-state index in [1.54, 1.807) is 25.3 Å². The molecule has 146 valence electrons. The fourth-order valence-electron chi connectivity index (χ4n) is 3.22. The minimum Gasteiger partial charge on any atom is -0.497 e. The lowest BCUT2D eigenvalue weighted by Gasteiger charge is -2.08. The van der Waals surface area contributed by atoms with Crippen LogP contribution in [0, 0.1) is 10.1 Å². The molecular formula is C21H16N2O5S. The molecule has 0 bridgehead atoms. The van der Waals surface area contributed by atoms with Crippen molar-refractivity contribution in [3.63, 3.8) is 0 Å². The van der Waals surface area contributed by atoms with Crippen LogP contribution in [0.1, 0.15) is 0 Å². The van der Waals surface area contributed by atoms with Gasteiger partial charge in [-0.15, -0.1) is 0 Å². The zero-order chi connectivity index (χ0) is 20.6. The molecule has 0 aliphatic heterocycles. The van der Waals surface area contributed by atoms with Gasteiger partial charge in [0.15, 0.2) is 0 Å². The first-order valence-corrected chi connectivity index (χ1v) is 10.1. The van der Waals surface area contributed by atoms with Gasteiger partial charge >= 0.3 is 0 Å².